The molecule has 4 aliphatic carbocycles. The molecule has 1 aromatic carbocycles. The van der Waals surface area contributed by atoms with Crippen LogP contribution in [0.1, 0.15) is 44.3 Å². The maximum Gasteiger partial charge on any atom is 0.231 e. The first-order valence-electron chi connectivity index (χ1n) is 9.43. The summed E-state index contributed by atoms with van der Waals surface area (Å²) in [6.07, 6.45) is 8.14. The molecule has 0 spiro atoms. The van der Waals surface area contributed by atoms with E-state index in [1.807, 2.05) is 11.9 Å². The quantitative estimate of drug-likeness (QED) is 0.784. The molecule has 0 aliphatic heterocycles. The fraction of sp³-hybridized carbons (Fsp3) is 0.600. The van der Waals surface area contributed by atoms with E-state index in [-0.39, 0.29) is 23.6 Å². The first-order valence-corrected chi connectivity index (χ1v) is 9.43. The van der Waals surface area contributed by atoms with Crippen LogP contribution in [0.5, 0.6) is 0 Å². The second-order valence-electron chi connectivity index (χ2n) is 8.62. The lowest BCUT2D eigenvalue weighted by atomic mass is 9.49. The third-order valence-corrected chi connectivity index (χ3v) is 6.88. The van der Waals surface area contributed by atoms with Crippen molar-refractivity contribution >= 4 is 24.0 Å². The van der Waals surface area contributed by atoms with Gasteiger partial charge in [-0.05, 0) is 80.5 Å². The summed E-state index contributed by atoms with van der Waals surface area (Å²) in [5, 5.41) is 9.18. The molecule has 0 atom stereocenters. The normalized spacial score (nSPS) is 31.7. The molecule has 0 N–H and O–H groups in total. The highest BCUT2D eigenvalue weighted by Gasteiger charge is 2.53. The van der Waals surface area contributed by atoms with E-state index in [1.54, 1.807) is 12.1 Å². The molecule has 4 saturated carbocycles. The summed E-state index contributed by atoms with van der Waals surface area (Å²) in [7, 11) is 4.06. The topological polar surface area (TPSA) is 34.0 Å². The van der Waals surface area contributed by atoms with Crippen molar-refractivity contribution in [1.82, 2.24) is 14.8 Å². The van der Waals surface area contributed by atoms with E-state index in [0.29, 0.717) is 0 Å². The number of halogens is 2. The molecule has 0 saturated heterocycles. The summed E-state index contributed by atoms with van der Waals surface area (Å²) < 4.78 is 15.4. The summed E-state index contributed by atoms with van der Waals surface area (Å²) in [6, 6.07) is 6.55. The van der Waals surface area contributed by atoms with Crippen LogP contribution >= 0.6 is 12.4 Å². The highest BCUT2D eigenvalue weighted by atomic mass is 35.5. The molecular formula is C20H26ClFN4. The van der Waals surface area contributed by atoms with Crippen LogP contribution in [0.2, 0.25) is 0 Å². The molecule has 0 amide bonds. The minimum absolute atomic E-state index is 0. The lowest BCUT2D eigenvalue weighted by molar-refractivity contribution is -0.0107. The fourth-order valence-corrected chi connectivity index (χ4v) is 6.24. The second-order valence-corrected chi connectivity index (χ2v) is 8.62. The van der Waals surface area contributed by atoms with E-state index in [9.17, 15) is 4.39 Å². The minimum atomic E-state index is -0.218. The third-order valence-electron chi connectivity index (χ3n) is 6.88. The van der Waals surface area contributed by atoms with Crippen LogP contribution in [-0.4, -0.2) is 21.8 Å². The molecule has 6 heteroatoms. The van der Waals surface area contributed by atoms with Crippen molar-refractivity contribution in [1.29, 1.82) is 0 Å². The number of aromatic nitrogens is 3. The highest BCUT2D eigenvalue weighted by molar-refractivity contribution is 5.85. The molecule has 0 radical (unpaired) electrons. The Bertz CT molecular complexity index is 765. The molecule has 4 nitrogen and oxygen atoms in total. The van der Waals surface area contributed by atoms with Gasteiger partial charge in [-0.25, -0.2) is 4.39 Å². The van der Waals surface area contributed by atoms with Gasteiger partial charge in [-0.15, -0.1) is 22.6 Å². The van der Waals surface area contributed by atoms with Gasteiger partial charge >= 0.3 is 0 Å². The summed E-state index contributed by atoms with van der Waals surface area (Å²) in [5.74, 6) is 4.45. The van der Waals surface area contributed by atoms with Gasteiger partial charge in [-0.2, -0.15) is 0 Å². The molecule has 26 heavy (non-hydrogen) atoms. The van der Waals surface area contributed by atoms with Crippen molar-refractivity contribution in [2.75, 3.05) is 11.9 Å². The predicted octanol–water partition coefficient (Wildman–Crippen LogP) is 4.61. The Morgan fingerprint density at radius 3 is 2.08 bits per heavy atom. The van der Waals surface area contributed by atoms with Gasteiger partial charge in [0.2, 0.25) is 5.95 Å². The summed E-state index contributed by atoms with van der Waals surface area (Å²) in [6.45, 7) is 0. The summed E-state index contributed by atoms with van der Waals surface area (Å²) >= 11 is 0. The number of rotatable bonds is 3. The number of hydrogen-bond acceptors (Lipinski definition) is 3. The Morgan fingerprint density at radius 1 is 1.00 bits per heavy atom. The van der Waals surface area contributed by atoms with E-state index >= 15 is 0 Å². The second kappa shape index (κ2) is 6.22. The Hall–Kier alpha value is -1.62. The Labute approximate surface area is 160 Å². The SMILES string of the molecule is CN(c1ccc(F)cc1)c1nnc(C23CC4CC(CC(C4)C2)C3)n1C.Cl. The maximum atomic E-state index is 13.2. The molecule has 4 bridgehead atoms. The van der Waals surface area contributed by atoms with Crippen molar-refractivity contribution in [3.05, 3.63) is 35.9 Å². The highest BCUT2D eigenvalue weighted by Crippen LogP contribution is 2.60. The zero-order chi connectivity index (χ0) is 17.2. The predicted molar refractivity (Wildman–Crippen MR) is 103 cm³/mol. The van der Waals surface area contributed by atoms with Crippen molar-refractivity contribution in [3.8, 4) is 0 Å². The van der Waals surface area contributed by atoms with Crippen molar-refractivity contribution in [3.63, 3.8) is 0 Å². The molecule has 0 unspecified atom stereocenters. The van der Waals surface area contributed by atoms with Crippen molar-refractivity contribution < 1.29 is 4.39 Å². The van der Waals surface area contributed by atoms with Gasteiger partial charge in [0.1, 0.15) is 11.6 Å². The first kappa shape index (κ1) is 17.8. The Kier molecular flexibility index (Phi) is 4.25. The van der Waals surface area contributed by atoms with E-state index in [0.717, 1.165) is 35.2 Å². The van der Waals surface area contributed by atoms with Crippen LogP contribution < -0.4 is 4.90 Å². The van der Waals surface area contributed by atoms with Gasteiger partial charge in [0.15, 0.2) is 0 Å². The zero-order valence-corrected chi connectivity index (χ0v) is 16.2. The lowest BCUT2D eigenvalue weighted by Crippen LogP contribution is -2.49. The Morgan fingerprint density at radius 2 is 1.54 bits per heavy atom. The van der Waals surface area contributed by atoms with E-state index < -0.39 is 0 Å². The average molecular weight is 377 g/mol. The van der Waals surface area contributed by atoms with Crippen LogP contribution in [0.3, 0.4) is 0 Å². The van der Waals surface area contributed by atoms with Crippen LogP contribution in [0.25, 0.3) is 0 Å². The monoisotopic (exact) mass is 376 g/mol. The van der Waals surface area contributed by atoms with Gasteiger partial charge in [0.05, 0.1) is 0 Å². The van der Waals surface area contributed by atoms with Crippen LogP contribution in [0.15, 0.2) is 24.3 Å². The van der Waals surface area contributed by atoms with Gasteiger partial charge in [0.25, 0.3) is 0 Å². The van der Waals surface area contributed by atoms with E-state index in [4.69, 9.17) is 0 Å². The largest absolute Gasteiger partial charge is 0.314 e. The fourth-order valence-electron chi connectivity index (χ4n) is 6.24. The molecule has 6 rings (SSSR count). The van der Waals surface area contributed by atoms with Gasteiger partial charge < -0.3 is 4.90 Å². The summed E-state index contributed by atoms with van der Waals surface area (Å²) in [4.78, 5) is 2.00. The number of hydrogen-bond donors (Lipinski definition) is 0. The smallest absolute Gasteiger partial charge is 0.231 e. The van der Waals surface area contributed by atoms with E-state index in [2.05, 4.69) is 21.8 Å². The molecular weight excluding hydrogens is 351 g/mol. The van der Waals surface area contributed by atoms with Gasteiger partial charge in [0, 0.05) is 25.2 Å². The van der Waals surface area contributed by atoms with Gasteiger partial charge in [-0.3, -0.25) is 4.57 Å². The van der Waals surface area contributed by atoms with Crippen LogP contribution in [0.4, 0.5) is 16.0 Å². The molecule has 4 fully saturated rings. The molecule has 2 aromatic rings. The van der Waals surface area contributed by atoms with Crippen LogP contribution in [0, 0.1) is 23.6 Å². The maximum absolute atomic E-state index is 13.2. The molecule has 1 heterocycles. The van der Waals surface area contributed by atoms with Crippen molar-refractivity contribution in [2.45, 2.75) is 43.9 Å². The zero-order valence-electron chi connectivity index (χ0n) is 15.4. The minimum Gasteiger partial charge on any atom is -0.314 e. The summed E-state index contributed by atoms with van der Waals surface area (Å²) in [5.41, 5.74) is 1.16. The number of anilines is 2. The van der Waals surface area contributed by atoms with Gasteiger partial charge in [-0.1, -0.05) is 0 Å². The van der Waals surface area contributed by atoms with Crippen molar-refractivity contribution in [2.24, 2.45) is 24.8 Å². The Balaban J connectivity index is 0.00000168. The number of benzene rings is 1. The standard InChI is InChI=1S/C20H25FN4.ClH/c1-24(17-5-3-16(21)4-6-17)19-23-22-18(25(19)2)20-10-13-7-14(11-20)9-15(8-13)12-20;/h3-6,13-15H,7-12H2,1-2H3;1H. The lowest BCUT2D eigenvalue weighted by Gasteiger charge is -2.56. The third kappa shape index (κ3) is 2.63. The molecule has 140 valence electrons. The molecule has 4 aliphatic rings. The number of nitrogens with zero attached hydrogens (tertiary/aromatic N) is 4. The molecule has 1 aromatic heterocycles. The van der Waals surface area contributed by atoms with E-state index in [1.165, 1.54) is 50.7 Å². The van der Waals surface area contributed by atoms with Crippen LogP contribution in [-0.2, 0) is 12.5 Å². The first-order chi connectivity index (χ1) is 12.0. The average Bonchev–Trinajstić information content (AvgIpc) is 2.96.